The molecule has 0 aromatic heterocycles. The largest absolute Gasteiger partial charge is 0.451 e. The van der Waals surface area contributed by atoms with Crippen molar-refractivity contribution in [2.24, 2.45) is 0 Å². The third kappa shape index (κ3) is 5.08. The Morgan fingerprint density at radius 1 is 1.10 bits per heavy atom. The molecule has 0 unspecified atom stereocenters. The molecule has 0 saturated heterocycles. The van der Waals surface area contributed by atoms with Crippen molar-refractivity contribution in [2.45, 2.75) is 25.5 Å². The standard InChI is InChI=1S/C22H21ClN2O5S/c1-13(19(26)24-15-7-5-6-14(23)12-15)30-22(29)18(10-11-31-2)25-20(27)16-8-3-4-9-17(16)21(25)28/h3-9,12-13,18H,10-11H2,1-2H3,(H,24,26)/t13-,18-/m1/s1. The summed E-state index contributed by atoms with van der Waals surface area (Å²) in [5.74, 6) is -1.92. The van der Waals surface area contributed by atoms with Crippen molar-refractivity contribution in [3.8, 4) is 0 Å². The molecule has 0 fully saturated rings. The second-order valence-electron chi connectivity index (χ2n) is 6.90. The normalized spacial score (nSPS) is 14.7. The van der Waals surface area contributed by atoms with Crippen LogP contribution >= 0.6 is 23.4 Å². The first-order chi connectivity index (χ1) is 14.8. The number of carbonyl (C=O) groups is 4. The summed E-state index contributed by atoms with van der Waals surface area (Å²) < 4.78 is 5.34. The molecule has 0 bridgehead atoms. The van der Waals surface area contributed by atoms with E-state index in [9.17, 15) is 19.2 Å². The number of halogens is 1. The molecule has 0 saturated carbocycles. The number of hydrogen-bond acceptors (Lipinski definition) is 6. The van der Waals surface area contributed by atoms with Gasteiger partial charge in [0.15, 0.2) is 6.10 Å². The minimum absolute atomic E-state index is 0.216. The molecule has 1 aliphatic heterocycles. The van der Waals surface area contributed by atoms with Crippen LogP contribution in [0.4, 0.5) is 5.69 Å². The Morgan fingerprint density at radius 2 is 1.74 bits per heavy atom. The Bertz CT molecular complexity index is 993. The molecule has 2 atom stereocenters. The third-order valence-electron chi connectivity index (χ3n) is 4.76. The number of fused-ring (bicyclic) bond motifs is 1. The zero-order chi connectivity index (χ0) is 22.5. The average molecular weight is 461 g/mol. The van der Waals surface area contributed by atoms with E-state index in [-0.39, 0.29) is 17.5 Å². The van der Waals surface area contributed by atoms with Gasteiger partial charge < -0.3 is 10.1 Å². The van der Waals surface area contributed by atoms with Gasteiger partial charge in [0.2, 0.25) is 0 Å². The molecule has 1 heterocycles. The Morgan fingerprint density at radius 3 is 2.32 bits per heavy atom. The number of esters is 1. The van der Waals surface area contributed by atoms with E-state index in [0.717, 1.165) is 4.90 Å². The third-order valence-corrected chi connectivity index (χ3v) is 5.64. The predicted octanol–water partition coefficient (Wildman–Crippen LogP) is 3.63. The van der Waals surface area contributed by atoms with E-state index in [1.54, 1.807) is 48.5 Å². The van der Waals surface area contributed by atoms with Crippen molar-refractivity contribution in [3.05, 3.63) is 64.7 Å². The van der Waals surface area contributed by atoms with Gasteiger partial charge in [-0.1, -0.05) is 29.8 Å². The Labute approximate surface area is 189 Å². The number of ether oxygens (including phenoxy) is 1. The number of nitrogens with one attached hydrogen (secondary N) is 1. The maximum atomic E-state index is 12.9. The van der Waals surface area contributed by atoms with E-state index in [2.05, 4.69) is 5.32 Å². The lowest BCUT2D eigenvalue weighted by Crippen LogP contribution is -2.47. The second-order valence-corrected chi connectivity index (χ2v) is 8.32. The Balaban J connectivity index is 1.73. The second kappa shape index (κ2) is 9.98. The van der Waals surface area contributed by atoms with Gasteiger partial charge in [0.25, 0.3) is 17.7 Å². The van der Waals surface area contributed by atoms with E-state index < -0.39 is 35.8 Å². The molecule has 3 rings (SSSR count). The van der Waals surface area contributed by atoms with Crippen molar-refractivity contribution >= 4 is 52.7 Å². The summed E-state index contributed by atoms with van der Waals surface area (Å²) in [5.41, 5.74) is 0.960. The predicted molar refractivity (Wildman–Crippen MR) is 119 cm³/mol. The number of amides is 3. The minimum Gasteiger partial charge on any atom is -0.451 e. The summed E-state index contributed by atoms with van der Waals surface area (Å²) in [7, 11) is 0. The molecule has 0 spiro atoms. The summed E-state index contributed by atoms with van der Waals surface area (Å²) in [4.78, 5) is 51.9. The topological polar surface area (TPSA) is 92.8 Å². The number of thioether (sulfide) groups is 1. The lowest BCUT2D eigenvalue weighted by atomic mass is 10.1. The van der Waals surface area contributed by atoms with Crippen molar-refractivity contribution in [2.75, 3.05) is 17.3 Å². The van der Waals surface area contributed by atoms with Crippen molar-refractivity contribution in [1.29, 1.82) is 0 Å². The molecule has 1 N–H and O–H groups in total. The minimum atomic E-state index is -1.14. The van der Waals surface area contributed by atoms with Crippen LogP contribution in [0.15, 0.2) is 48.5 Å². The van der Waals surface area contributed by atoms with Crippen molar-refractivity contribution < 1.29 is 23.9 Å². The van der Waals surface area contributed by atoms with Crippen molar-refractivity contribution in [3.63, 3.8) is 0 Å². The molecular formula is C22H21ClN2O5S. The van der Waals surface area contributed by atoms with Crippen molar-refractivity contribution in [1.82, 2.24) is 4.90 Å². The SMILES string of the molecule is CSCC[C@H](C(=O)O[C@H](C)C(=O)Nc1cccc(Cl)c1)N1C(=O)c2ccccc2C1=O. The molecule has 3 amide bonds. The smallest absolute Gasteiger partial charge is 0.330 e. The molecule has 9 heteroatoms. The molecule has 31 heavy (non-hydrogen) atoms. The van der Waals surface area contributed by atoms with Crippen LogP contribution in [0.1, 0.15) is 34.1 Å². The number of rotatable bonds is 8. The van der Waals surface area contributed by atoms with Gasteiger partial charge in [-0.15, -0.1) is 0 Å². The summed E-state index contributed by atoms with van der Waals surface area (Å²) >= 11 is 7.38. The molecule has 0 radical (unpaired) electrons. The number of nitrogens with zero attached hydrogens (tertiary/aromatic N) is 1. The number of benzene rings is 2. The van der Waals surface area contributed by atoms with Gasteiger partial charge >= 0.3 is 5.97 Å². The van der Waals surface area contributed by atoms with Crippen LogP contribution < -0.4 is 5.32 Å². The zero-order valence-corrected chi connectivity index (χ0v) is 18.5. The van der Waals surface area contributed by atoms with Gasteiger partial charge in [-0.2, -0.15) is 11.8 Å². The fourth-order valence-corrected chi connectivity index (χ4v) is 3.84. The van der Waals surface area contributed by atoms with Gasteiger partial charge in [0, 0.05) is 10.7 Å². The number of imide groups is 1. The highest BCUT2D eigenvalue weighted by Crippen LogP contribution is 2.27. The van der Waals surface area contributed by atoms with E-state index in [4.69, 9.17) is 16.3 Å². The number of anilines is 1. The summed E-state index contributed by atoms with van der Waals surface area (Å²) in [6.07, 6.45) is 0.929. The highest BCUT2D eigenvalue weighted by atomic mass is 35.5. The van der Waals surface area contributed by atoms with Crippen LogP contribution in [0.2, 0.25) is 5.02 Å². The van der Waals surface area contributed by atoms with Crippen LogP contribution in [0.3, 0.4) is 0 Å². The summed E-state index contributed by atoms with van der Waals surface area (Å²) in [5, 5.41) is 3.07. The monoisotopic (exact) mass is 460 g/mol. The van der Waals surface area contributed by atoms with Crippen LogP contribution in [0.5, 0.6) is 0 Å². The van der Waals surface area contributed by atoms with Gasteiger partial charge in [0.1, 0.15) is 6.04 Å². The van der Waals surface area contributed by atoms with E-state index in [0.29, 0.717) is 16.5 Å². The summed E-state index contributed by atoms with van der Waals surface area (Å²) in [6, 6.07) is 11.8. The van der Waals surface area contributed by atoms with Crippen LogP contribution in [-0.4, -0.2) is 52.7 Å². The zero-order valence-electron chi connectivity index (χ0n) is 17.0. The molecule has 2 aromatic carbocycles. The Hall–Kier alpha value is -2.84. The number of carbonyl (C=O) groups excluding carboxylic acids is 4. The quantitative estimate of drug-likeness (QED) is 0.477. The van der Waals surface area contributed by atoms with E-state index in [1.165, 1.54) is 18.7 Å². The van der Waals surface area contributed by atoms with Gasteiger partial charge in [0.05, 0.1) is 11.1 Å². The molecule has 1 aliphatic rings. The first kappa shape index (κ1) is 22.8. The van der Waals surface area contributed by atoms with Crippen LogP contribution in [-0.2, 0) is 14.3 Å². The Kier molecular flexibility index (Phi) is 7.35. The fourth-order valence-electron chi connectivity index (χ4n) is 3.19. The van der Waals surface area contributed by atoms with Gasteiger partial charge in [-0.25, -0.2) is 4.79 Å². The lowest BCUT2D eigenvalue weighted by Gasteiger charge is -2.25. The number of hydrogen-bond donors (Lipinski definition) is 1. The maximum absolute atomic E-state index is 12.9. The summed E-state index contributed by atoms with van der Waals surface area (Å²) in [6.45, 7) is 1.42. The molecule has 162 valence electrons. The van der Waals surface area contributed by atoms with Crippen LogP contribution in [0.25, 0.3) is 0 Å². The molecular weight excluding hydrogens is 440 g/mol. The van der Waals surface area contributed by atoms with Gasteiger partial charge in [-0.05, 0) is 55.7 Å². The molecule has 2 aromatic rings. The van der Waals surface area contributed by atoms with E-state index >= 15 is 0 Å². The van der Waals surface area contributed by atoms with E-state index in [1.807, 2.05) is 6.26 Å². The highest BCUT2D eigenvalue weighted by Gasteiger charge is 2.43. The molecule has 0 aliphatic carbocycles. The first-order valence-electron chi connectivity index (χ1n) is 9.56. The maximum Gasteiger partial charge on any atom is 0.330 e. The van der Waals surface area contributed by atoms with Gasteiger partial charge in [-0.3, -0.25) is 19.3 Å². The molecule has 7 nitrogen and oxygen atoms in total. The average Bonchev–Trinajstić information content (AvgIpc) is 2.99. The lowest BCUT2D eigenvalue weighted by molar-refractivity contribution is -0.157. The fraction of sp³-hybridized carbons (Fsp3) is 0.273. The first-order valence-corrected chi connectivity index (χ1v) is 11.3. The highest BCUT2D eigenvalue weighted by molar-refractivity contribution is 7.98. The van der Waals surface area contributed by atoms with Crippen LogP contribution in [0, 0.1) is 0 Å².